The van der Waals surface area contributed by atoms with Gasteiger partial charge in [0.25, 0.3) is 5.91 Å². The molecule has 4 heteroatoms. The highest BCUT2D eigenvalue weighted by atomic mass is 16.3. The van der Waals surface area contributed by atoms with Gasteiger partial charge in [0.2, 0.25) is 0 Å². The van der Waals surface area contributed by atoms with Crippen LogP contribution in [0.3, 0.4) is 0 Å². The van der Waals surface area contributed by atoms with Gasteiger partial charge in [-0.1, -0.05) is 30.3 Å². The number of rotatable bonds is 2. The van der Waals surface area contributed by atoms with Gasteiger partial charge in [0.1, 0.15) is 17.4 Å². The van der Waals surface area contributed by atoms with Gasteiger partial charge >= 0.3 is 0 Å². The SMILES string of the molecule is N#CC(=Cc1c(O)ccc2ccccc12)C(N)=O. The molecule has 2 aromatic rings. The van der Waals surface area contributed by atoms with Gasteiger partial charge in [0, 0.05) is 5.56 Å². The third kappa shape index (κ3) is 2.02. The molecule has 0 heterocycles. The van der Waals surface area contributed by atoms with Crippen LogP contribution in [0.2, 0.25) is 0 Å². The summed E-state index contributed by atoms with van der Waals surface area (Å²) >= 11 is 0. The molecule has 0 saturated heterocycles. The van der Waals surface area contributed by atoms with Crippen LogP contribution in [-0.4, -0.2) is 11.0 Å². The molecule has 0 saturated carbocycles. The van der Waals surface area contributed by atoms with E-state index in [4.69, 9.17) is 11.0 Å². The topological polar surface area (TPSA) is 87.1 Å². The highest BCUT2D eigenvalue weighted by Crippen LogP contribution is 2.29. The molecular weight excluding hydrogens is 228 g/mol. The maximum Gasteiger partial charge on any atom is 0.259 e. The van der Waals surface area contributed by atoms with Crippen molar-refractivity contribution in [2.45, 2.75) is 0 Å². The summed E-state index contributed by atoms with van der Waals surface area (Å²) in [6.45, 7) is 0. The quantitative estimate of drug-likeness (QED) is 0.619. The molecule has 3 N–H and O–H groups in total. The van der Waals surface area contributed by atoms with E-state index in [0.717, 1.165) is 10.8 Å². The smallest absolute Gasteiger partial charge is 0.259 e. The maximum absolute atomic E-state index is 11.0. The highest BCUT2D eigenvalue weighted by molar-refractivity contribution is 6.04. The Morgan fingerprint density at radius 2 is 2.00 bits per heavy atom. The van der Waals surface area contributed by atoms with E-state index in [1.165, 1.54) is 12.1 Å². The summed E-state index contributed by atoms with van der Waals surface area (Å²) in [7, 11) is 0. The van der Waals surface area contributed by atoms with Gasteiger partial charge in [-0.15, -0.1) is 0 Å². The van der Waals surface area contributed by atoms with Crippen LogP contribution < -0.4 is 5.73 Å². The molecule has 0 aliphatic carbocycles. The number of nitrogens with zero attached hydrogens (tertiary/aromatic N) is 1. The van der Waals surface area contributed by atoms with Gasteiger partial charge in [-0.3, -0.25) is 4.79 Å². The second kappa shape index (κ2) is 4.60. The normalized spacial score (nSPS) is 11.2. The van der Waals surface area contributed by atoms with Gasteiger partial charge in [0.15, 0.2) is 0 Å². The van der Waals surface area contributed by atoms with Crippen molar-refractivity contribution in [1.82, 2.24) is 0 Å². The van der Waals surface area contributed by atoms with Gasteiger partial charge in [-0.25, -0.2) is 0 Å². The summed E-state index contributed by atoms with van der Waals surface area (Å²) in [6, 6.07) is 12.4. The molecule has 0 radical (unpaired) electrons. The lowest BCUT2D eigenvalue weighted by atomic mass is 10.0. The monoisotopic (exact) mass is 238 g/mol. The number of amides is 1. The minimum Gasteiger partial charge on any atom is -0.507 e. The minimum absolute atomic E-state index is 0.00250. The lowest BCUT2D eigenvalue weighted by Gasteiger charge is -2.05. The molecule has 0 atom stereocenters. The Labute approximate surface area is 104 Å². The number of benzene rings is 2. The number of carbonyl (C=O) groups is 1. The van der Waals surface area contributed by atoms with Crippen molar-refractivity contribution in [2.24, 2.45) is 5.73 Å². The largest absolute Gasteiger partial charge is 0.507 e. The highest BCUT2D eigenvalue weighted by Gasteiger charge is 2.09. The number of hydrogen-bond acceptors (Lipinski definition) is 3. The average Bonchev–Trinajstić information content (AvgIpc) is 2.37. The second-order valence-electron chi connectivity index (χ2n) is 3.75. The molecule has 88 valence electrons. The maximum atomic E-state index is 11.0. The number of primary amides is 1. The minimum atomic E-state index is -0.815. The first kappa shape index (κ1) is 11.7. The summed E-state index contributed by atoms with van der Waals surface area (Å²) in [5.41, 5.74) is 5.30. The Morgan fingerprint density at radius 1 is 1.28 bits per heavy atom. The molecule has 0 aliphatic heterocycles. The molecule has 0 bridgehead atoms. The van der Waals surface area contributed by atoms with Crippen molar-refractivity contribution >= 4 is 22.8 Å². The molecule has 0 aliphatic rings. The predicted molar refractivity (Wildman–Crippen MR) is 68.4 cm³/mol. The van der Waals surface area contributed by atoms with Crippen molar-refractivity contribution < 1.29 is 9.90 Å². The van der Waals surface area contributed by atoms with Crippen LogP contribution in [0.25, 0.3) is 16.8 Å². The van der Waals surface area contributed by atoms with Crippen molar-refractivity contribution in [3.63, 3.8) is 0 Å². The number of phenols is 1. The Hall–Kier alpha value is -2.80. The van der Waals surface area contributed by atoms with Crippen LogP contribution in [0.1, 0.15) is 5.56 Å². The number of phenolic OH excluding ortho intramolecular Hbond substituents is 1. The second-order valence-corrected chi connectivity index (χ2v) is 3.75. The standard InChI is InChI=1S/C14H10N2O2/c15-8-10(14(16)18)7-12-11-4-2-1-3-9(11)5-6-13(12)17/h1-7,17H,(H2,16,18). The van der Waals surface area contributed by atoms with Crippen LogP contribution in [0, 0.1) is 11.3 Å². The van der Waals surface area contributed by atoms with E-state index in [0.29, 0.717) is 5.56 Å². The van der Waals surface area contributed by atoms with Gasteiger partial charge in [0.05, 0.1) is 0 Å². The van der Waals surface area contributed by atoms with Crippen molar-refractivity contribution in [3.05, 3.63) is 47.5 Å². The molecule has 18 heavy (non-hydrogen) atoms. The van der Waals surface area contributed by atoms with Crippen LogP contribution >= 0.6 is 0 Å². The summed E-state index contributed by atoms with van der Waals surface area (Å²) in [5.74, 6) is -0.812. The Balaban J connectivity index is 2.75. The molecule has 0 unspecified atom stereocenters. The van der Waals surface area contributed by atoms with E-state index in [-0.39, 0.29) is 11.3 Å². The first-order chi connectivity index (χ1) is 8.63. The summed E-state index contributed by atoms with van der Waals surface area (Å²) in [4.78, 5) is 11.0. The zero-order chi connectivity index (χ0) is 13.1. The fourth-order valence-electron chi connectivity index (χ4n) is 1.74. The van der Waals surface area contributed by atoms with Crippen molar-refractivity contribution in [2.75, 3.05) is 0 Å². The number of nitrogens with two attached hydrogens (primary N) is 1. The fraction of sp³-hybridized carbons (Fsp3) is 0. The van der Waals surface area contributed by atoms with E-state index < -0.39 is 5.91 Å². The summed E-state index contributed by atoms with van der Waals surface area (Å²) in [6.07, 6.45) is 1.31. The zero-order valence-corrected chi connectivity index (χ0v) is 9.42. The van der Waals surface area contributed by atoms with Crippen molar-refractivity contribution in [1.29, 1.82) is 5.26 Å². The lowest BCUT2D eigenvalue weighted by Crippen LogP contribution is -2.12. The van der Waals surface area contributed by atoms with E-state index in [1.807, 2.05) is 18.2 Å². The molecule has 2 aromatic carbocycles. The fourth-order valence-corrected chi connectivity index (χ4v) is 1.74. The van der Waals surface area contributed by atoms with Crippen molar-refractivity contribution in [3.8, 4) is 11.8 Å². The van der Waals surface area contributed by atoms with Crippen LogP contribution in [0.5, 0.6) is 5.75 Å². The molecular formula is C14H10N2O2. The number of nitriles is 1. The van der Waals surface area contributed by atoms with E-state index in [2.05, 4.69) is 0 Å². The van der Waals surface area contributed by atoms with Gasteiger partial charge in [-0.05, 0) is 22.9 Å². The third-order valence-electron chi connectivity index (χ3n) is 2.62. The third-order valence-corrected chi connectivity index (χ3v) is 2.62. The van der Waals surface area contributed by atoms with E-state index >= 15 is 0 Å². The first-order valence-electron chi connectivity index (χ1n) is 5.26. The van der Waals surface area contributed by atoms with Gasteiger partial charge in [-0.2, -0.15) is 5.26 Å². The lowest BCUT2D eigenvalue weighted by molar-refractivity contribution is -0.114. The van der Waals surface area contributed by atoms with Crippen LogP contribution in [-0.2, 0) is 4.79 Å². The Bertz CT molecular complexity index is 696. The zero-order valence-electron chi connectivity index (χ0n) is 9.42. The number of fused-ring (bicyclic) bond motifs is 1. The molecule has 0 spiro atoms. The predicted octanol–water partition coefficient (Wildman–Crippen LogP) is 1.94. The number of carbonyl (C=O) groups excluding carboxylic acids is 1. The summed E-state index contributed by atoms with van der Waals surface area (Å²) in [5, 5.41) is 20.3. The number of hydrogen-bond donors (Lipinski definition) is 2. The number of aromatic hydroxyl groups is 1. The van der Waals surface area contributed by atoms with Crippen LogP contribution in [0.15, 0.2) is 42.0 Å². The average molecular weight is 238 g/mol. The Morgan fingerprint density at radius 3 is 2.67 bits per heavy atom. The molecule has 0 aromatic heterocycles. The molecule has 0 fully saturated rings. The Kier molecular flexibility index (Phi) is 2.98. The molecule has 2 rings (SSSR count). The molecule has 4 nitrogen and oxygen atoms in total. The van der Waals surface area contributed by atoms with E-state index in [9.17, 15) is 9.90 Å². The van der Waals surface area contributed by atoms with Gasteiger partial charge < -0.3 is 10.8 Å². The summed E-state index contributed by atoms with van der Waals surface area (Å²) < 4.78 is 0. The first-order valence-corrected chi connectivity index (χ1v) is 5.26. The van der Waals surface area contributed by atoms with E-state index in [1.54, 1.807) is 18.2 Å². The van der Waals surface area contributed by atoms with Crippen LogP contribution in [0.4, 0.5) is 0 Å². The molecule has 1 amide bonds.